The lowest BCUT2D eigenvalue weighted by molar-refractivity contribution is 0.0944. The Balaban J connectivity index is 2.95. The molecular weight excluding hydrogens is 118 g/mol. The zero-order valence-corrected chi connectivity index (χ0v) is 6.09. The Bertz CT molecular complexity index is 59.0. The Hall–Kier alpha value is -0.120. The number of hydrogen-bond donors (Lipinski definition) is 1. The van der Waals surface area contributed by atoms with Gasteiger partial charge >= 0.3 is 0 Å². The van der Waals surface area contributed by atoms with Gasteiger partial charge in [-0.15, -0.1) is 0 Å². The highest BCUT2D eigenvalue weighted by molar-refractivity contribution is 4.56. The molecule has 3 nitrogen and oxygen atoms in total. The zero-order chi connectivity index (χ0) is 7.11. The molecule has 0 rings (SSSR count). The molecule has 0 amide bonds. The molecule has 0 aliphatic carbocycles. The van der Waals surface area contributed by atoms with Gasteiger partial charge in [0.15, 0.2) is 0 Å². The van der Waals surface area contributed by atoms with Gasteiger partial charge in [0.1, 0.15) is 0 Å². The van der Waals surface area contributed by atoms with E-state index < -0.39 is 0 Å². The molecule has 0 bridgehead atoms. The summed E-state index contributed by atoms with van der Waals surface area (Å²) < 4.78 is 9.84. The molecule has 0 aromatic heterocycles. The number of ether oxygens (including phenoxy) is 2. The van der Waals surface area contributed by atoms with Crippen LogP contribution in [0.15, 0.2) is 0 Å². The summed E-state index contributed by atoms with van der Waals surface area (Å²) in [6, 6.07) is 0.0231. The molecule has 9 heavy (non-hydrogen) atoms. The smallest absolute Gasteiger partial charge is 0.0639 e. The monoisotopic (exact) mass is 133 g/mol. The average molecular weight is 133 g/mol. The third kappa shape index (κ3) is 5.76. The van der Waals surface area contributed by atoms with Gasteiger partial charge in [-0.3, -0.25) is 0 Å². The van der Waals surface area contributed by atoms with E-state index in [0.717, 1.165) is 6.61 Å². The van der Waals surface area contributed by atoms with Crippen molar-refractivity contribution in [1.82, 2.24) is 0 Å². The molecule has 0 aliphatic heterocycles. The minimum atomic E-state index is 0.0231. The maximum atomic E-state index is 5.52. The molecule has 1 atom stereocenters. The van der Waals surface area contributed by atoms with E-state index in [2.05, 4.69) is 0 Å². The fourth-order valence-electron chi connectivity index (χ4n) is 0.531. The van der Waals surface area contributed by atoms with Gasteiger partial charge in [0.25, 0.3) is 0 Å². The minimum absolute atomic E-state index is 0.0231. The predicted octanol–water partition coefficient (Wildman–Crippen LogP) is -0.00340. The Kier molecular flexibility index (Phi) is 5.93. The topological polar surface area (TPSA) is 44.5 Å². The summed E-state index contributed by atoms with van der Waals surface area (Å²) >= 11 is 0. The first-order chi connectivity index (χ1) is 4.31. The highest BCUT2D eigenvalue weighted by atomic mass is 16.5. The van der Waals surface area contributed by atoms with E-state index in [1.807, 2.05) is 6.92 Å². The lowest BCUT2D eigenvalue weighted by atomic mass is 10.4. The van der Waals surface area contributed by atoms with Crippen LogP contribution in [0.1, 0.15) is 6.92 Å². The van der Waals surface area contributed by atoms with Crippen LogP contribution in [0, 0.1) is 0 Å². The van der Waals surface area contributed by atoms with E-state index in [0.29, 0.717) is 13.2 Å². The lowest BCUT2D eigenvalue weighted by Crippen LogP contribution is -2.30. The van der Waals surface area contributed by atoms with E-state index in [-0.39, 0.29) is 6.04 Å². The van der Waals surface area contributed by atoms with Crippen LogP contribution in [0.3, 0.4) is 0 Å². The zero-order valence-electron chi connectivity index (χ0n) is 6.09. The first-order valence-electron chi connectivity index (χ1n) is 3.13. The molecule has 2 N–H and O–H groups in total. The van der Waals surface area contributed by atoms with Gasteiger partial charge in [-0.05, 0) is 6.92 Å². The van der Waals surface area contributed by atoms with Gasteiger partial charge in [0, 0.05) is 13.7 Å². The van der Waals surface area contributed by atoms with E-state index in [4.69, 9.17) is 15.2 Å². The second kappa shape index (κ2) is 6.01. The van der Waals surface area contributed by atoms with Gasteiger partial charge in [-0.25, -0.2) is 0 Å². The molecule has 0 aromatic rings. The second-order valence-electron chi connectivity index (χ2n) is 1.87. The Morgan fingerprint density at radius 3 is 2.56 bits per heavy atom. The van der Waals surface area contributed by atoms with E-state index in [1.165, 1.54) is 0 Å². The van der Waals surface area contributed by atoms with Crippen molar-refractivity contribution in [2.75, 3.05) is 26.9 Å². The van der Waals surface area contributed by atoms with Crippen LogP contribution in [-0.2, 0) is 9.47 Å². The van der Waals surface area contributed by atoms with Crippen LogP contribution in [0.2, 0.25) is 0 Å². The normalized spacial score (nSPS) is 13.7. The highest BCUT2D eigenvalue weighted by Gasteiger charge is 1.98. The fourth-order valence-corrected chi connectivity index (χ4v) is 0.531. The van der Waals surface area contributed by atoms with Crippen molar-refractivity contribution < 1.29 is 9.47 Å². The SMILES string of the molecule is CCOCC(N)COC. The average Bonchev–Trinajstić information content (AvgIpc) is 1.85. The molecule has 0 saturated heterocycles. The summed E-state index contributed by atoms with van der Waals surface area (Å²) in [5.41, 5.74) is 5.52. The molecule has 0 aromatic carbocycles. The Morgan fingerprint density at radius 2 is 2.11 bits per heavy atom. The first kappa shape index (κ1) is 8.88. The van der Waals surface area contributed by atoms with Gasteiger partial charge in [-0.1, -0.05) is 0 Å². The van der Waals surface area contributed by atoms with Gasteiger partial charge in [0.2, 0.25) is 0 Å². The standard InChI is InChI=1S/C6H15NO2/c1-3-9-5-6(7)4-8-2/h6H,3-5,7H2,1-2H3. The number of rotatable bonds is 5. The summed E-state index contributed by atoms with van der Waals surface area (Å²) in [7, 11) is 1.63. The fraction of sp³-hybridized carbons (Fsp3) is 1.00. The summed E-state index contributed by atoms with van der Waals surface area (Å²) in [4.78, 5) is 0. The molecule has 0 saturated carbocycles. The highest BCUT2D eigenvalue weighted by Crippen LogP contribution is 1.81. The maximum Gasteiger partial charge on any atom is 0.0639 e. The molecule has 0 spiro atoms. The summed E-state index contributed by atoms with van der Waals surface area (Å²) in [6.45, 7) is 3.82. The van der Waals surface area contributed by atoms with Crippen LogP contribution in [-0.4, -0.2) is 33.0 Å². The maximum absolute atomic E-state index is 5.52. The molecule has 0 heterocycles. The van der Waals surface area contributed by atoms with Gasteiger partial charge in [-0.2, -0.15) is 0 Å². The van der Waals surface area contributed by atoms with Crippen LogP contribution in [0.5, 0.6) is 0 Å². The minimum Gasteiger partial charge on any atom is -0.383 e. The Labute approximate surface area is 56.1 Å². The van der Waals surface area contributed by atoms with Crippen LogP contribution < -0.4 is 5.73 Å². The predicted molar refractivity (Wildman–Crippen MR) is 36.3 cm³/mol. The third-order valence-corrected chi connectivity index (χ3v) is 0.917. The second-order valence-corrected chi connectivity index (χ2v) is 1.87. The molecular formula is C6H15NO2. The molecule has 0 fully saturated rings. The summed E-state index contributed by atoms with van der Waals surface area (Å²) in [6.07, 6.45) is 0. The van der Waals surface area contributed by atoms with Gasteiger partial charge in [0.05, 0.1) is 19.3 Å². The van der Waals surface area contributed by atoms with E-state index in [1.54, 1.807) is 7.11 Å². The third-order valence-electron chi connectivity index (χ3n) is 0.917. The first-order valence-corrected chi connectivity index (χ1v) is 3.13. The summed E-state index contributed by atoms with van der Waals surface area (Å²) in [5.74, 6) is 0. The number of nitrogens with two attached hydrogens (primary N) is 1. The van der Waals surface area contributed by atoms with Gasteiger partial charge < -0.3 is 15.2 Å². The molecule has 0 radical (unpaired) electrons. The van der Waals surface area contributed by atoms with Crippen molar-refractivity contribution in [2.45, 2.75) is 13.0 Å². The largest absolute Gasteiger partial charge is 0.383 e. The van der Waals surface area contributed by atoms with Crippen molar-refractivity contribution >= 4 is 0 Å². The molecule has 3 heteroatoms. The lowest BCUT2D eigenvalue weighted by Gasteiger charge is -2.08. The quantitative estimate of drug-likeness (QED) is 0.574. The van der Waals surface area contributed by atoms with Crippen LogP contribution in [0.25, 0.3) is 0 Å². The number of hydrogen-bond acceptors (Lipinski definition) is 3. The molecule has 1 unspecified atom stereocenters. The van der Waals surface area contributed by atoms with E-state index in [9.17, 15) is 0 Å². The van der Waals surface area contributed by atoms with Crippen molar-refractivity contribution in [2.24, 2.45) is 5.73 Å². The Morgan fingerprint density at radius 1 is 1.44 bits per heavy atom. The van der Waals surface area contributed by atoms with Crippen molar-refractivity contribution in [3.8, 4) is 0 Å². The molecule has 56 valence electrons. The van der Waals surface area contributed by atoms with Crippen LogP contribution >= 0.6 is 0 Å². The molecule has 0 aliphatic rings. The van der Waals surface area contributed by atoms with E-state index >= 15 is 0 Å². The van der Waals surface area contributed by atoms with Crippen molar-refractivity contribution in [3.05, 3.63) is 0 Å². The van der Waals surface area contributed by atoms with Crippen LogP contribution in [0.4, 0.5) is 0 Å². The van der Waals surface area contributed by atoms with Crippen molar-refractivity contribution in [3.63, 3.8) is 0 Å². The number of methoxy groups -OCH3 is 1. The summed E-state index contributed by atoms with van der Waals surface area (Å²) in [5, 5.41) is 0. The van der Waals surface area contributed by atoms with Crippen molar-refractivity contribution in [1.29, 1.82) is 0 Å².